The second-order valence-corrected chi connectivity index (χ2v) is 34.5. The van der Waals surface area contributed by atoms with E-state index in [1.54, 1.807) is 0 Å². The zero-order chi connectivity index (χ0) is 84.4. The topological polar surface area (TPSA) is 65.5 Å². The maximum Gasteiger partial charge on any atom is 0.159 e. The second kappa shape index (κ2) is 29.3. The lowest BCUT2D eigenvalue weighted by atomic mass is 9.91. The molecule has 0 bridgehead atoms. The van der Waals surface area contributed by atoms with Gasteiger partial charge in [0.1, 0.15) is 22.3 Å². The van der Waals surface area contributed by atoms with Crippen LogP contribution in [0.15, 0.2) is 345 Å². The summed E-state index contributed by atoms with van der Waals surface area (Å²) in [5.74, 6) is 0. The first-order chi connectivity index (χ1) is 62.0. The highest BCUT2D eigenvalue weighted by molar-refractivity contribution is 6.31. The molecule has 0 fully saturated rings. The first kappa shape index (κ1) is 74.7. The van der Waals surface area contributed by atoms with Gasteiger partial charge in [-0.1, -0.05) is 283 Å². The van der Waals surface area contributed by atoms with E-state index in [4.69, 9.17) is 17.7 Å². The Kier molecular flexibility index (Phi) is 17.4. The van der Waals surface area contributed by atoms with E-state index in [1.165, 1.54) is 38.2 Å². The third-order valence-electron chi connectivity index (χ3n) is 27.2. The first-order valence-electron chi connectivity index (χ1n) is 44.7. The molecule has 0 atom stereocenters. The molecule has 0 N–H and O–H groups in total. The molecule has 0 radical (unpaired) electrons. The molecule has 0 amide bonds. The fraction of sp³-hybridized carbons (Fsp3) is 0.119. The van der Waals surface area contributed by atoms with Gasteiger partial charge in [0, 0.05) is 87.4 Å². The van der Waals surface area contributed by atoms with Crippen LogP contribution >= 0.6 is 0 Å². The van der Waals surface area contributed by atoms with E-state index in [-0.39, 0.29) is 0 Å². The van der Waals surface area contributed by atoms with Gasteiger partial charge in [0.2, 0.25) is 0 Å². The van der Waals surface area contributed by atoms with Crippen LogP contribution in [-0.4, -0.2) is 0 Å². The standard InChI is InChI=1S/C118H90N4O4/c1-9-27-79-35-23-38-84-86-42-26-48-104(116(86)125-113(79)84)120(96-44-18-14-30-70(96)6)100-62-54-76-52-60-92-102(64-56-78-50-58-90(100)108(76)110(78)92)122(98-46-20-16-32-72(98)8)106-68-82(66-94-88-40-24-36-80(28-10-2)114(88)126-118(94)106)81-65-93-87-39-22-34-74(12-4)112(87)124-117(93)105(67-81)121(97-45-19-15-31-71(97)7)101-63-55-77-49-57-89-99(61-53-75-51-59-91(101)109(77)107(75)89)119(95-43-17-13-29-69(95)5)103-47-25-41-85-83-37-21-33-73(11-3)111(83)123-115(85)103/h13-26,29-68H,9-12,27-28H2,1-8H3. The molecular weight excluding hydrogens is 1540 g/mol. The van der Waals surface area contributed by atoms with Crippen molar-refractivity contribution >= 4 is 221 Å². The molecule has 4 aromatic heterocycles. The van der Waals surface area contributed by atoms with Gasteiger partial charge in [0.15, 0.2) is 22.3 Å². The molecule has 20 aromatic carbocycles. The maximum atomic E-state index is 7.69. The normalized spacial score (nSPS) is 12.2. The minimum atomic E-state index is 0.797. The smallest absolute Gasteiger partial charge is 0.159 e. The molecule has 0 aliphatic carbocycles. The Labute approximate surface area is 730 Å². The summed E-state index contributed by atoms with van der Waals surface area (Å²) < 4.78 is 29.7. The van der Waals surface area contributed by atoms with Crippen molar-refractivity contribution in [2.24, 2.45) is 0 Å². The van der Waals surface area contributed by atoms with Crippen LogP contribution in [0.5, 0.6) is 0 Å². The monoisotopic (exact) mass is 1630 g/mol. The molecule has 24 aromatic rings. The first-order valence-corrected chi connectivity index (χ1v) is 44.7. The number of rotatable bonds is 19. The van der Waals surface area contributed by atoms with Gasteiger partial charge in [-0.2, -0.15) is 0 Å². The summed E-state index contributed by atoms with van der Waals surface area (Å²) in [5.41, 5.74) is 30.7. The van der Waals surface area contributed by atoms with Gasteiger partial charge in [-0.15, -0.1) is 0 Å². The molecule has 0 saturated carbocycles. The number of nitrogens with zero attached hydrogens (tertiary/aromatic N) is 4. The molecule has 8 nitrogen and oxygen atoms in total. The quantitative estimate of drug-likeness (QED) is 0.0742. The van der Waals surface area contributed by atoms with Crippen molar-refractivity contribution in [3.8, 4) is 11.1 Å². The fourth-order valence-electron chi connectivity index (χ4n) is 21.2. The average Bonchev–Trinajstić information content (AvgIpc) is 0.969. The Morgan fingerprint density at radius 2 is 0.437 bits per heavy atom. The summed E-state index contributed by atoms with van der Waals surface area (Å²) >= 11 is 0. The van der Waals surface area contributed by atoms with Gasteiger partial charge < -0.3 is 37.3 Å². The van der Waals surface area contributed by atoms with Crippen LogP contribution < -0.4 is 19.6 Å². The molecule has 0 aliphatic rings. The zero-order valence-electron chi connectivity index (χ0n) is 71.8. The summed E-state index contributed by atoms with van der Waals surface area (Å²) in [7, 11) is 0. The lowest BCUT2D eigenvalue weighted by molar-refractivity contribution is 0.661. The van der Waals surface area contributed by atoms with E-state index in [0.29, 0.717) is 0 Å². The number of aryl methyl sites for hydroxylation is 8. The zero-order valence-corrected chi connectivity index (χ0v) is 71.8. The number of anilines is 12. The Morgan fingerprint density at radius 1 is 0.190 bits per heavy atom. The Morgan fingerprint density at radius 3 is 0.738 bits per heavy atom. The lowest BCUT2D eigenvalue weighted by Crippen LogP contribution is -2.13. The van der Waals surface area contributed by atoms with Crippen molar-refractivity contribution < 1.29 is 17.7 Å². The van der Waals surface area contributed by atoms with Crippen LogP contribution in [-0.2, 0) is 25.7 Å². The second-order valence-electron chi connectivity index (χ2n) is 34.5. The van der Waals surface area contributed by atoms with Crippen LogP contribution in [0.4, 0.5) is 68.2 Å². The fourth-order valence-corrected chi connectivity index (χ4v) is 21.2. The molecule has 4 heterocycles. The molecule has 606 valence electrons. The third kappa shape index (κ3) is 11.3. The van der Waals surface area contributed by atoms with Crippen LogP contribution in [0.25, 0.3) is 164 Å². The third-order valence-corrected chi connectivity index (χ3v) is 27.2. The van der Waals surface area contributed by atoms with Gasteiger partial charge in [-0.3, -0.25) is 0 Å². The van der Waals surface area contributed by atoms with E-state index in [0.717, 1.165) is 277 Å². The summed E-state index contributed by atoms with van der Waals surface area (Å²) in [6.07, 6.45) is 5.45. The molecule has 0 spiro atoms. The average molecular weight is 1630 g/mol. The van der Waals surface area contributed by atoms with E-state index >= 15 is 0 Å². The Balaban J connectivity index is 0.742. The van der Waals surface area contributed by atoms with Gasteiger partial charge in [-0.05, 0) is 237 Å². The Bertz CT molecular complexity index is 8590. The molecule has 0 saturated heterocycles. The predicted octanol–water partition coefficient (Wildman–Crippen LogP) is 34.9. The number of fused-ring (bicyclic) bond motifs is 12. The summed E-state index contributed by atoms with van der Waals surface area (Å²) in [6.45, 7) is 17.9. The number of furan rings is 4. The number of benzene rings is 20. The van der Waals surface area contributed by atoms with E-state index in [2.05, 4.69) is 403 Å². The molecule has 8 heteroatoms. The van der Waals surface area contributed by atoms with Gasteiger partial charge in [0.25, 0.3) is 0 Å². The minimum Gasteiger partial charge on any atom is -0.454 e. The molecule has 126 heavy (non-hydrogen) atoms. The highest BCUT2D eigenvalue weighted by Crippen LogP contribution is 2.57. The van der Waals surface area contributed by atoms with Gasteiger partial charge in [0.05, 0.1) is 45.5 Å². The SMILES string of the molecule is CCCc1cccc2c1oc1c(N(c3ccccc3C)c3ccc4ccc5c(N(c6ccccc6C)c6cc(-c7cc(N(c8ccccc8C)c8ccc9ccc%10c(N(c%11ccccc%11C)c%11cccc%12c%11oc%11c(CC)cccc%11%12)ccc%11ccc8c9c%11%10)c8oc9c(CC)cccc9c8c7)cc7c6oc6c(CCC)cccc67)ccc6ccc3c4c65)cccc12. The molecular formula is C118H90N4O4. The van der Waals surface area contributed by atoms with Gasteiger partial charge >= 0.3 is 0 Å². The van der Waals surface area contributed by atoms with Crippen molar-refractivity contribution in [3.05, 3.63) is 372 Å². The van der Waals surface area contributed by atoms with Crippen LogP contribution in [0.2, 0.25) is 0 Å². The molecule has 0 aliphatic heterocycles. The summed E-state index contributed by atoms with van der Waals surface area (Å²) in [5, 5.41) is 22.5. The highest BCUT2D eigenvalue weighted by atomic mass is 16.3. The van der Waals surface area contributed by atoms with E-state index < -0.39 is 0 Å². The Hall–Kier alpha value is -15.1. The summed E-state index contributed by atoms with van der Waals surface area (Å²) in [6, 6.07) is 122. The molecule has 24 rings (SSSR count). The minimum absolute atomic E-state index is 0.797. The van der Waals surface area contributed by atoms with Crippen molar-refractivity contribution in [2.45, 2.75) is 93.9 Å². The summed E-state index contributed by atoms with van der Waals surface area (Å²) in [4.78, 5) is 9.93. The molecule has 0 unspecified atom stereocenters. The van der Waals surface area contributed by atoms with Gasteiger partial charge in [-0.25, -0.2) is 0 Å². The largest absolute Gasteiger partial charge is 0.454 e. The number of hydrogen-bond acceptors (Lipinski definition) is 8. The van der Waals surface area contributed by atoms with Crippen LogP contribution in [0.3, 0.4) is 0 Å². The predicted molar refractivity (Wildman–Crippen MR) is 533 cm³/mol. The number of para-hydroxylation sites is 10. The van der Waals surface area contributed by atoms with E-state index in [1.807, 2.05) is 0 Å². The maximum absolute atomic E-state index is 7.69. The van der Waals surface area contributed by atoms with Crippen LogP contribution in [0.1, 0.15) is 85.0 Å². The van der Waals surface area contributed by atoms with Crippen molar-refractivity contribution in [2.75, 3.05) is 19.6 Å². The van der Waals surface area contributed by atoms with Crippen molar-refractivity contribution in [1.29, 1.82) is 0 Å². The highest BCUT2D eigenvalue weighted by Gasteiger charge is 2.33. The van der Waals surface area contributed by atoms with Crippen LogP contribution in [0, 0.1) is 27.7 Å². The number of hydrogen-bond donors (Lipinski definition) is 0. The van der Waals surface area contributed by atoms with Crippen molar-refractivity contribution in [1.82, 2.24) is 0 Å². The van der Waals surface area contributed by atoms with E-state index in [9.17, 15) is 0 Å². The van der Waals surface area contributed by atoms with Crippen molar-refractivity contribution in [3.63, 3.8) is 0 Å². The lowest BCUT2D eigenvalue weighted by Gasteiger charge is -2.31.